The topological polar surface area (TPSA) is 58.6 Å². The van der Waals surface area contributed by atoms with Crippen molar-refractivity contribution in [2.24, 2.45) is 11.8 Å². The lowest BCUT2D eigenvalue weighted by atomic mass is 10.1. The standard InChI is InChI=1S/C15H30N2O3/c1-6-20-15(19)7-8-16-9-14(18)17(10-12(2)3)11-13(4)5/h12-13,16H,6-11H2,1-5H3. The molecule has 0 radical (unpaired) electrons. The van der Waals surface area contributed by atoms with E-state index in [-0.39, 0.29) is 18.4 Å². The maximum atomic E-state index is 12.1. The van der Waals surface area contributed by atoms with E-state index >= 15 is 0 Å². The molecular weight excluding hydrogens is 256 g/mol. The Balaban J connectivity index is 4.03. The fraction of sp³-hybridized carbons (Fsp3) is 0.867. The third kappa shape index (κ3) is 9.78. The molecule has 0 atom stereocenters. The zero-order valence-corrected chi connectivity index (χ0v) is 13.6. The minimum atomic E-state index is -0.228. The molecule has 0 aliphatic rings. The lowest BCUT2D eigenvalue weighted by molar-refractivity contribution is -0.143. The number of carbonyl (C=O) groups excluding carboxylic acids is 2. The number of nitrogens with one attached hydrogen (secondary N) is 1. The van der Waals surface area contributed by atoms with Crippen molar-refractivity contribution in [3.05, 3.63) is 0 Å². The van der Waals surface area contributed by atoms with Crippen LogP contribution < -0.4 is 5.32 Å². The molecule has 0 aromatic rings. The van der Waals surface area contributed by atoms with E-state index in [9.17, 15) is 9.59 Å². The molecule has 118 valence electrons. The summed E-state index contributed by atoms with van der Waals surface area (Å²) in [7, 11) is 0. The second-order valence-electron chi connectivity index (χ2n) is 5.82. The van der Waals surface area contributed by atoms with Crippen LogP contribution in [0.5, 0.6) is 0 Å². The third-order valence-electron chi connectivity index (χ3n) is 2.61. The number of rotatable bonds is 10. The largest absolute Gasteiger partial charge is 0.466 e. The first-order valence-electron chi connectivity index (χ1n) is 7.50. The molecule has 20 heavy (non-hydrogen) atoms. The Kier molecular flexibility index (Phi) is 10.1. The summed E-state index contributed by atoms with van der Waals surface area (Å²) in [5, 5.41) is 3.01. The first-order chi connectivity index (χ1) is 9.36. The first-order valence-corrected chi connectivity index (χ1v) is 7.50. The van der Waals surface area contributed by atoms with Gasteiger partial charge in [0, 0.05) is 19.6 Å². The van der Waals surface area contributed by atoms with E-state index in [1.807, 2.05) is 4.90 Å². The molecule has 5 nitrogen and oxygen atoms in total. The lowest BCUT2D eigenvalue weighted by Crippen LogP contribution is -2.42. The average molecular weight is 286 g/mol. The van der Waals surface area contributed by atoms with Crippen LogP contribution in [0, 0.1) is 11.8 Å². The van der Waals surface area contributed by atoms with Gasteiger partial charge in [-0.05, 0) is 18.8 Å². The normalized spacial score (nSPS) is 10.9. The molecule has 0 aliphatic heterocycles. The van der Waals surface area contributed by atoms with Crippen LogP contribution in [0.3, 0.4) is 0 Å². The van der Waals surface area contributed by atoms with Crippen LogP contribution in [0.25, 0.3) is 0 Å². The number of nitrogens with zero attached hydrogens (tertiary/aromatic N) is 1. The van der Waals surface area contributed by atoms with Crippen molar-refractivity contribution in [2.75, 3.05) is 32.8 Å². The first kappa shape index (κ1) is 18.9. The van der Waals surface area contributed by atoms with Crippen LogP contribution in [-0.2, 0) is 14.3 Å². The molecule has 1 amide bonds. The summed E-state index contributed by atoms with van der Waals surface area (Å²) >= 11 is 0. The maximum Gasteiger partial charge on any atom is 0.307 e. The van der Waals surface area contributed by atoms with Crippen molar-refractivity contribution in [1.29, 1.82) is 0 Å². The number of hydrogen-bond acceptors (Lipinski definition) is 4. The highest BCUT2D eigenvalue weighted by Gasteiger charge is 2.15. The number of amides is 1. The number of carbonyl (C=O) groups is 2. The molecule has 0 fully saturated rings. The summed E-state index contributed by atoms with van der Waals surface area (Å²) in [5.41, 5.74) is 0. The van der Waals surface area contributed by atoms with Gasteiger partial charge in [-0.25, -0.2) is 0 Å². The van der Waals surface area contributed by atoms with Crippen LogP contribution in [0.1, 0.15) is 41.0 Å². The highest BCUT2D eigenvalue weighted by molar-refractivity contribution is 5.78. The highest BCUT2D eigenvalue weighted by atomic mass is 16.5. The van der Waals surface area contributed by atoms with Gasteiger partial charge in [0.2, 0.25) is 5.91 Å². The Labute approximate surface area is 123 Å². The fourth-order valence-corrected chi connectivity index (χ4v) is 1.89. The third-order valence-corrected chi connectivity index (χ3v) is 2.61. The van der Waals surface area contributed by atoms with Crippen LogP contribution in [0.15, 0.2) is 0 Å². The quantitative estimate of drug-likeness (QED) is 0.490. The van der Waals surface area contributed by atoms with Crippen LogP contribution in [0.2, 0.25) is 0 Å². The van der Waals surface area contributed by atoms with Crippen molar-refractivity contribution in [3.8, 4) is 0 Å². The van der Waals surface area contributed by atoms with E-state index in [1.165, 1.54) is 0 Å². The molecule has 0 saturated heterocycles. The zero-order chi connectivity index (χ0) is 15.5. The fourth-order valence-electron chi connectivity index (χ4n) is 1.89. The summed E-state index contributed by atoms with van der Waals surface area (Å²) < 4.78 is 4.83. The van der Waals surface area contributed by atoms with Crippen molar-refractivity contribution in [2.45, 2.75) is 41.0 Å². The Bertz CT molecular complexity index is 281. The van der Waals surface area contributed by atoms with E-state index in [2.05, 4.69) is 33.0 Å². The summed E-state index contributed by atoms with van der Waals surface area (Å²) in [6.07, 6.45) is 0.301. The van der Waals surface area contributed by atoms with Crippen molar-refractivity contribution in [1.82, 2.24) is 10.2 Å². The van der Waals surface area contributed by atoms with Gasteiger partial charge in [-0.1, -0.05) is 27.7 Å². The SMILES string of the molecule is CCOC(=O)CCNCC(=O)N(CC(C)C)CC(C)C. The van der Waals surface area contributed by atoms with Gasteiger partial charge < -0.3 is 15.0 Å². The van der Waals surface area contributed by atoms with Gasteiger partial charge in [0.05, 0.1) is 19.6 Å². The van der Waals surface area contributed by atoms with Crippen molar-refractivity contribution >= 4 is 11.9 Å². The molecule has 0 bridgehead atoms. The Morgan fingerprint density at radius 2 is 1.65 bits per heavy atom. The molecule has 0 rings (SSSR count). The molecule has 0 saturated carbocycles. The van der Waals surface area contributed by atoms with Crippen LogP contribution >= 0.6 is 0 Å². The van der Waals surface area contributed by atoms with Gasteiger partial charge in [-0.15, -0.1) is 0 Å². The summed E-state index contributed by atoms with van der Waals surface area (Å²) in [6.45, 7) is 12.9. The number of esters is 1. The maximum absolute atomic E-state index is 12.1. The highest BCUT2D eigenvalue weighted by Crippen LogP contribution is 2.04. The Morgan fingerprint density at radius 1 is 1.10 bits per heavy atom. The predicted octanol–water partition coefficient (Wildman–Crippen LogP) is 1.67. The van der Waals surface area contributed by atoms with Gasteiger partial charge in [0.15, 0.2) is 0 Å². The minimum Gasteiger partial charge on any atom is -0.466 e. The van der Waals surface area contributed by atoms with E-state index in [4.69, 9.17) is 4.74 Å². The molecular formula is C15H30N2O3. The van der Waals surface area contributed by atoms with E-state index in [0.717, 1.165) is 13.1 Å². The van der Waals surface area contributed by atoms with E-state index in [0.29, 0.717) is 31.4 Å². The van der Waals surface area contributed by atoms with Gasteiger partial charge in [-0.3, -0.25) is 9.59 Å². The second-order valence-corrected chi connectivity index (χ2v) is 5.82. The van der Waals surface area contributed by atoms with Gasteiger partial charge in [-0.2, -0.15) is 0 Å². The number of ether oxygens (including phenoxy) is 1. The van der Waals surface area contributed by atoms with E-state index < -0.39 is 0 Å². The minimum absolute atomic E-state index is 0.0938. The van der Waals surface area contributed by atoms with Crippen molar-refractivity contribution < 1.29 is 14.3 Å². The number of hydrogen-bond donors (Lipinski definition) is 1. The predicted molar refractivity (Wildman–Crippen MR) is 80.4 cm³/mol. The zero-order valence-electron chi connectivity index (χ0n) is 13.6. The monoisotopic (exact) mass is 286 g/mol. The lowest BCUT2D eigenvalue weighted by Gasteiger charge is -2.26. The summed E-state index contributed by atoms with van der Waals surface area (Å²) in [5.74, 6) is 0.777. The Morgan fingerprint density at radius 3 is 2.10 bits per heavy atom. The molecule has 0 aliphatic carbocycles. The Hall–Kier alpha value is -1.10. The molecule has 0 aromatic carbocycles. The second kappa shape index (κ2) is 10.7. The van der Waals surface area contributed by atoms with Crippen molar-refractivity contribution in [3.63, 3.8) is 0 Å². The van der Waals surface area contributed by atoms with Gasteiger partial charge in [0.25, 0.3) is 0 Å². The van der Waals surface area contributed by atoms with Crippen LogP contribution in [-0.4, -0.2) is 49.6 Å². The molecule has 0 unspecified atom stereocenters. The molecule has 0 heterocycles. The smallest absolute Gasteiger partial charge is 0.307 e. The van der Waals surface area contributed by atoms with Crippen LogP contribution in [0.4, 0.5) is 0 Å². The molecule has 0 spiro atoms. The van der Waals surface area contributed by atoms with Gasteiger partial charge >= 0.3 is 5.97 Å². The molecule has 1 N–H and O–H groups in total. The molecule has 0 aromatic heterocycles. The van der Waals surface area contributed by atoms with Gasteiger partial charge in [0.1, 0.15) is 0 Å². The molecule has 5 heteroatoms. The summed E-state index contributed by atoms with van der Waals surface area (Å²) in [4.78, 5) is 25.2. The summed E-state index contributed by atoms with van der Waals surface area (Å²) in [6, 6.07) is 0. The van der Waals surface area contributed by atoms with E-state index in [1.54, 1.807) is 6.92 Å². The average Bonchev–Trinajstić information content (AvgIpc) is 2.32.